The molecule has 0 radical (unpaired) electrons. The van der Waals surface area contributed by atoms with Crippen molar-refractivity contribution in [2.24, 2.45) is 0 Å². The van der Waals surface area contributed by atoms with Crippen molar-refractivity contribution in [2.75, 3.05) is 0 Å². The summed E-state index contributed by atoms with van der Waals surface area (Å²) in [7, 11) is 0. The number of hydrogen-bond donors (Lipinski definition) is 1. The van der Waals surface area contributed by atoms with Gasteiger partial charge in [0.25, 0.3) is 0 Å². The van der Waals surface area contributed by atoms with Gasteiger partial charge in [-0.05, 0) is 24.3 Å². The van der Waals surface area contributed by atoms with E-state index in [0.717, 1.165) is 0 Å². The Labute approximate surface area is 103 Å². The average Bonchev–Trinajstić information content (AvgIpc) is 2.38. The van der Waals surface area contributed by atoms with Gasteiger partial charge in [-0.2, -0.15) is 0 Å². The number of hydrogen-bond acceptors (Lipinski definition) is 4. The number of aromatic nitrogens is 1. The van der Waals surface area contributed by atoms with Crippen molar-refractivity contribution in [2.45, 2.75) is 6.61 Å². The van der Waals surface area contributed by atoms with Gasteiger partial charge in [-0.1, -0.05) is 6.07 Å². The molecule has 18 heavy (non-hydrogen) atoms. The third-order valence-corrected chi connectivity index (χ3v) is 2.36. The van der Waals surface area contributed by atoms with Gasteiger partial charge in [-0.3, -0.25) is 9.78 Å². The van der Waals surface area contributed by atoms with Crippen LogP contribution < -0.4 is 4.74 Å². The largest absolute Gasteiger partial charge is 0.507 e. The SMILES string of the molecule is O=Cc1c(O)cccc1OCc1ncccc1F. The van der Waals surface area contributed by atoms with E-state index in [4.69, 9.17) is 4.74 Å². The predicted octanol–water partition coefficient (Wildman–Crippen LogP) is 2.32. The van der Waals surface area contributed by atoms with Crippen LogP contribution >= 0.6 is 0 Å². The number of ether oxygens (including phenoxy) is 1. The predicted molar refractivity (Wildman–Crippen MR) is 62.0 cm³/mol. The number of pyridine rings is 1. The van der Waals surface area contributed by atoms with Gasteiger partial charge in [0.1, 0.15) is 29.6 Å². The van der Waals surface area contributed by atoms with Crippen molar-refractivity contribution in [1.29, 1.82) is 0 Å². The second kappa shape index (κ2) is 5.27. The molecule has 0 aliphatic rings. The molecule has 1 aromatic carbocycles. The van der Waals surface area contributed by atoms with E-state index >= 15 is 0 Å². The molecule has 5 heteroatoms. The van der Waals surface area contributed by atoms with Crippen molar-refractivity contribution in [3.63, 3.8) is 0 Å². The van der Waals surface area contributed by atoms with Crippen LogP contribution in [0.25, 0.3) is 0 Å². The first kappa shape index (κ1) is 12.0. The number of aldehydes is 1. The summed E-state index contributed by atoms with van der Waals surface area (Å²) >= 11 is 0. The molecule has 0 spiro atoms. The standard InChI is InChI=1S/C13H10FNO3/c14-10-3-2-6-15-11(10)8-18-13-5-1-4-12(17)9(13)7-16/h1-7,17H,8H2. The number of carbonyl (C=O) groups excluding carboxylic acids is 1. The Kier molecular flexibility index (Phi) is 3.52. The van der Waals surface area contributed by atoms with Crippen molar-refractivity contribution >= 4 is 6.29 Å². The van der Waals surface area contributed by atoms with E-state index in [2.05, 4.69) is 4.98 Å². The van der Waals surface area contributed by atoms with Gasteiger partial charge in [0.2, 0.25) is 0 Å². The highest BCUT2D eigenvalue weighted by Crippen LogP contribution is 2.26. The summed E-state index contributed by atoms with van der Waals surface area (Å²) in [5.74, 6) is -0.468. The van der Waals surface area contributed by atoms with E-state index in [9.17, 15) is 14.3 Å². The number of halogens is 1. The lowest BCUT2D eigenvalue weighted by Gasteiger charge is -2.09. The maximum atomic E-state index is 13.3. The molecule has 1 N–H and O–H groups in total. The van der Waals surface area contributed by atoms with Gasteiger partial charge in [0, 0.05) is 6.20 Å². The van der Waals surface area contributed by atoms with E-state index in [1.165, 1.54) is 36.5 Å². The molecular weight excluding hydrogens is 237 g/mol. The fourth-order valence-electron chi connectivity index (χ4n) is 1.45. The van der Waals surface area contributed by atoms with Crippen LogP contribution in [0.15, 0.2) is 36.5 Å². The fraction of sp³-hybridized carbons (Fsp3) is 0.0769. The molecule has 0 aliphatic heterocycles. The van der Waals surface area contributed by atoms with Gasteiger partial charge < -0.3 is 9.84 Å². The highest BCUT2D eigenvalue weighted by molar-refractivity contribution is 5.83. The summed E-state index contributed by atoms with van der Waals surface area (Å²) in [6.07, 6.45) is 1.93. The van der Waals surface area contributed by atoms with Crippen LogP contribution in [-0.4, -0.2) is 16.4 Å². The number of aromatic hydroxyl groups is 1. The van der Waals surface area contributed by atoms with Crippen LogP contribution in [0.2, 0.25) is 0 Å². The molecule has 2 aromatic rings. The summed E-state index contributed by atoms with van der Waals surface area (Å²) in [4.78, 5) is 14.6. The average molecular weight is 247 g/mol. The Bertz CT molecular complexity index is 572. The van der Waals surface area contributed by atoms with Crippen LogP contribution in [0.1, 0.15) is 16.1 Å². The molecule has 2 rings (SSSR count). The molecule has 0 unspecified atom stereocenters. The Morgan fingerprint density at radius 1 is 1.33 bits per heavy atom. The minimum atomic E-state index is -0.481. The molecule has 1 aromatic heterocycles. The zero-order valence-electron chi connectivity index (χ0n) is 9.34. The van der Waals surface area contributed by atoms with Crippen molar-refractivity contribution in [3.05, 3.63) is 53.6 Å². The minimum absolute atomic E-state index is 0.0360. The molecule has 0 bridgehead atoms. The monoisotopic (exact) mass is 247 g/mol. The molecule has 0 amide bonds. The number of nitrogens with zero attached hydrogens (tertiary/aromatic N) is 1. The molecular formula is C13H10FNO3. The van der Waals surface area contributed by atoms with Crippen molar-refractivity contribution in [1.82, 2.24) is 4.98 Å². The molecule has 1 heterocycles. The smallest absolute Gasteiger partial charge is 0.157 e. The van der Waals surface area contributed by atoms with E-state index in [-0.39, 0.29) is 29.4 Å². The lowest BCUT2D eigenvalue weighted by atomic mass is 10.2. The van der Waals surface area contributed by atoms with Crippen LogP contribution in [0.4, 0.5) is 4.39 Å². The van der Waals surface area contributed by atoms with Gasteiger partial charge in [0.15, 0.2) is 6.29 Å². The van der Waals surface area contributed by atoms with Crippen molar-refractivity contribution in [3.8, 4) is 11.5 Å². The van der Waals surface area contributed by atoms with Crippen LogP contribution in [0, 0.1) is 5.82 Å². The first-order valence-corrected chi connectivity index (χ1v) is 5.21. The summed E-state index contributed by atoms with van der Waals surface area (Å²) in [6, 6.07) is 7.17. The van der Waals surface area contributed by atoms with Crippen LogP contribution in [0.3, 0.4) is 0 Å². The Morgan fingerprint density at radius 2 is 2.17 bits per heavy atom. The van der Waals surface area contributed by atoms with Gasteiger partial charge in [0.05, 0.1) is 5.56 Å². The third kappa shape index (κ3) is 2.45. The number of carbonyl (C=O) groups is 1. The number of benzene rings is 1. The number of phenols is 1. The Hall–Kier alpha value is -2.43. The lowest BCUT2D eigenvalue weighted by Crippen LogP contribution is -2.02. The highest BCUT2D eigenvalue weighted by Gasteiger charge is 2.09. The molecule has 0 saturated heterocycles. The molecule has 92 valence electrons. The fourth-order valence-corrected chi connectivity index (χ4v) is 1.45. The third-order valence-electron chi connectivity index (χ3n) is 2.36. The van der Waals surface area contributed by atoms with Crippen LogP contribution in [0.5, 0.6) is 11.5 Å². The summed E-state index contributed by atoms with van der Waals surface area (Å²) < 4.78 is 18.6. The van der Waals surface area contributed by atoms with Crippen LogP contribution in [-0.2, 0) is 6.61 Å². The summed E-state index contributed by atoms with van der Waals surface area (Å²) in [6.45, 7) is -0.114. The lowest BCUT2D eigenvalue weighted by molar-refractivity contribution is 0.111. The number of rotatable bonds is 4. The van der Waals surface area contributed by atoms with E-state index in [1.807, 2.05) is 0 Å². The summed E-state index contributed by atoms with van der Waals surface area (Å²) in [5, 5.41) is 9.44. The first-order chi connectivity index (χ1) is 8.72. The zero-order chi connectivity index (χ0) is 13.0. The van der Waals surface area contributed by atoms with Gasteiger partial charge >= 0.3 is 0 Å². The maximum Gasteiger partial charge on any atom is 0.157 e. The summed E-state index contributed by atoms with van der Waals surface area (Å²) in [5.41, 5.74) is 0.173. The number of phenolic OH excluding ortho intramolecular Hbond substituents is 1. The molecule has 0 fully saturated rings. The quantitative estimate of drug-likeness (QED) is 0.842. The second-order valence-corrected chi connectivity index (χ2v) is 3.53. The molecule has 0 saturated carbocycles. The van der Waals surface area contributed by atoms with Gasteiger partial charge in [-0.25, -0.2) is 4.39 Å². The normalized spacial score (nSPS) is 10.1. The molecule has 0 atom stereocenters. The minimum Gasteiger partial charge on any atom is -0.507 e. The van der Waals surface area contributed by atoms with Gasteiger partial charge in [-0.15, -0.1) is 0 Å². The first-order valence-electron chi connectivity index (χ1n) is 5.21. The second-order valence-electron chi connectivity index (χ2n) is 3.53. The molecule has 4 nitrogen and oxygen atoms in total. The zero-order valence-corrected chi connectivity index (χ0v) is 9.34. The Morgan fingerprint density at radius 3 is 2.89 bits per heavy atom. The van der Waals surface area contributed by atoms with E-state index in [0.29, 0.717) is 6.29 Å². The topological polar surface area (TPSA) is 59.4 Å². The highest BCUT2D eigenvalue weighted by atomic mass is 19.1. The van der Waals surface area contributed by atoms with Crippen molar-refractivity contribution < 1.29 is 19.0 Å². The van der Waals surface area contributed by atoms with E-state index in [1.54, 1.807) is 0 Å². The van der Waals surface area contributed by atoms with E-state index < -0.39 is 5.82 Å². The maximum absolute atomic E-state index is 13.3. The molecule has 0 aliphatic carbocycles. The Balaban J connectivity index is 2.18.